The van der Waals surface area contributed by atoms with E-state index >= 15 is 0 Å². The van der Waals surface area contributed by atoms with Crippen molar-refractivity contribution in [1.82, 2.24) is 4.90 Å². The lowest BCUT2D eigenvalue weighted by atomic mass is 10.4. The van der Waals surface area contributed by atoms with Gasteiger partial charge in [-0.05, 0) is 13.8 Å². The standard InChI is InChI=1S/C8H13NO3.C5H8O3/c1-4-12-8(11)7(10)5-6-9(2)3;1-3-8-5(7)4(2)6/h5-6H,4H2,1-3H3;3H2,1-2H3/b6-5+;. The summed E-state index contributed by atoms with van der Waals surface area (Å²) in [6.07, 6.45) is 2.68. The van der Waals surface area contributed by atoms with E-state index in [4.69, 9.17) is 0 Å². The topological polar surface area (TPSA) is 90.0 Å². The molecular weight excluding hydrogens is 266 g/mol. The second-order valence-electron chi connectivity index (χ2n) is 3.64. The fourth-order valence-electron chi connectivity index (χ4n) is 0.720. The first kappa shape index (κ1) is 20.1. The molecule has 0 spiro atoms. The van der Waals surface area contributed by atoms with Gasteiger partial charge in [0.2, 0.25) is 5.78 Å². The Bertz CT molecular complexity index is 373. The maximum Gasteiger partial charge on any atom is 0.379 e. The van der Waals surface area contributed by atoms with Gasteiger partial charge >= 0.3 is 11.9 Å². The highest BCUT2D eigenvalue weighted by molar-refractivity contribution is 6.38. The first-order valence-electron chi connectivity index (χ1n) is 5.99. The van der Waals surface area contributed by atoms with Crippen molar-refractivity contribution in [2.45, 2.75) is 20.8 Å². The van der Waals surface area contributed by atoms with Gasteiger partial charge in [-0.1, -0.05) is 0 Å². The summed E-state index contributed by atoms with van der Waals surface area (Å²) in [6.45, 7) is 4.97. The third kappa shape index (κ3) is 12.3. The normalized spacial score (nSPS) is 9.25. The molecule has 0 saturated heterocycles. The van der Waals surface area contributed by atoms with Gasteiger partial charge in [0, 0.05) is 33.3 Å². The quantitative estimate of drug-likeness (QED) is 0.395. The van der Waals surface area contributed by atoms with Crippen molar-refractivity contribution in [3.8, 4) is 0 Å². The minimum absolute atomic E-state index is 0.223. The highest BCUT2D eigenvalue weighted by atomic mass is 16.5. The van der Waals surface area contributed by atoms with Crippen LogP contribution in [-0.4, -0.2) is 55.7 Å². The molecule has 7 nitrogen and oxygen atoms in total. The Morgan fingerprint density at radius 3 is 1.70 bits per heavy atom. The second-order valence-corrected chi connectivity index (χ2v) is 3.64. The zero-order chi connectivity index (χ0) is 16.1. The van der Waals surface area contributed by atoms with Crippen LogP contribution in [0.15, 0.2) is 12.3 Å². The van der Waals surface area contributed by atoms with Crippen LogP contribution < -0.4 is 0 Å². The van der Waals surface area contributed by atoms with E-state index in [0.717, 1.165) is 0 Å². The number of esters is 2. The van der Waals surface area contributed by atoms with Crippen molar-refractivity contribution in [2.24, 2.45) is 0 Å². The molecule has 0 bridgehead atoms. The van der Waals surface area contributed by atoms with E-state index in [1.54, 1.807) is 32.8 Å². The molecule has 0 aromatic heterocycles. The van der Waals surface area contributed by atoms with Crippen molar-refractivity contribution >= 4 is 23.5 Å². The average molecular weight is 287 g/mol. The van der Waals surface area contributed by atoms with Crippen LogP contribution in [0.4, 0.5) is 0 Å². The molecule has 0 fully saturated rings. The smallest absolute Gasteiger partial charge is 0.379 e. The maximum absolute atomic E-state index is 10.8. The Labute approximate surface area is 118 Å². The molecular formula is C13H21NO6. The van der Waals surface area contributed by atoms with Gasteiger partial charge < -0.3 is 14.4 Å². The number of Topliss-reactive ketones (excluding diaryl/α,β-unsaturated/α-hetero) is 1. The number of ketones is 2. The van der Waals surface area contributed by atoms with Gasteiger partial charge in [-0.25, -0.2) is 9.59 Å². The van der Waals surface area contributed by atoms with E-state index in [1.807, 2.05) is 0 Å². The van der Waals surface area contributed by atoms with Crippen molar-refractivity contribution in [3.63, 3.8) is 0 Å². The highest BCUT2D eigenvalue weighted by Gasteiger charge is 2.09. The van der Waals surface area contributed by atoms with Gasteiger partial charge in [0.1, 0.15) is 0 Å². The fraction of sp³-hybridized carbons (Fsp3) is 0.538. The molecule has 0 N–H and O–H groups in total. The SMILES string of the molecule is CCOC(=O)C(=O)/C=C/N(C)C.CCOC(=O)C(C)=O. The molecule has 0 aromatic rings. The number of hydrogen-bond donors (Lipinski definition) is 0. The van der Waals surface area contributed by atoms with Crippen LogP contribution in [0.3, 0.4) is 0 Å². The number of hydrogen-bond acceptors (Lipinski definition) is 7. The lowest BCUT2D eigenvalue weighted by Gasteiger charge is -2.02. The molecule has 0 aliphatic heterocycles. The molecule has 0 aliphatic rings. The predicted molar refractivity (Wildman–Crippen MR) is 71.8 cm³/mol. The largest absolute Gasteiger partial charge is 0.460 e. The molecule has 114 valence electrons. The number of carbonyl (C=O) groups is 4. The van der Waals surface area contributed by atoms with Crippen molar-refractivity contribution < 1.29 is 28.7 Å². The van der Waals surface area contributed by atoms with Gasteiger partial charge in [-0.2, -0.15) is 0 Å². The predicted octanol–water partition coefficient (Wildman–Crippen LogP) is 0.332. The Hall–Kier alpha value is -2.18. The first-order valence-corrected chi connectivity index (χ1v) is 5.99. The zero-order valence-corrected chi connectivity index (χ0v) is 12.5. The Kier molecular flexibility index (Phi) is 12.0. The van der Waals surface area contributed by atoms with Gasteiger partial charge in [0.15, 0.2) is 0 Å². The number of nitrogens with zero attached hydrogens (tertiary/aromatic N) is 1. The molecule has 0 radical (unpaired) electrons. The molecule has 0 amide bonds. The molecule has 0 aromatic carbocycles. The molecule has 20 heavy (non-hydrogen) atoms. The number of rotatable bonds is 6. The van der Waals surface area contributed by atoms with Crippen LogP contribution in [0.1, 0.15) is 20.8 Å². The summed E-state index contributed by atoms with van der Waals surface area (Å²) < 4.78 is 8.79. The summed E-state index contributed by atoms with van der Waals surface area (Å²) in [7, 11) is 3.52. The van der Waals surface area contributed by atoms with E-state index in [2.05, 4.69) is 9.47 Å². The van der Waals surface area contributed by atoms with Crippen LogP contribution in [0.25, 0.3) is 0 Å². The second kappa shape index (κ2) is 11.9. The van der Waals surface area contributed by atoms with Gasteiger partial charge in [-0.3, -0.25) is 9.59 Å². The lowest BCUT2D eigenvalue weighted by Crippen LogP contribution is -2.15. The molecule has 7 heteroatoms. The third-order valence-electron chi connectivity index (χ3n) is 1.56. The van der Waals surface area contributed by atoms with Gasteiger partial charge in [-0.15, -0.1) is 0 Å². The van der Waals surface area contributed by atoms with Crippen molar-refractivity contribution in [3.05, 3.63) is 12.3 Å². The van der Waals surface area contributed by atoms with E-state index in [-0.39, 0.29) is 13.2 Å². The van der Waals surface area contributed by atoms with Gasteiger partial charge in [0.25, 0.3) is 5.78 Å². The molecule has 0 atom stereocenters. The molecule has 0 aliphatic carbocycles. The Balaban J connectivity index is 0. The molecule has 0 heterocycles. The zero-order valence-electron chi connectivity index (χ0n) is 12.5. The van der Waals surface area contributed by atoms with Crippen LogP contribution >= 0.6 is 0 Å². The third-order valence-corrected chi connectivity index (χ3v) is 1.56. The molecule has 0 rings (SSSR count). The van der Waals surface area contributed by atoms with E-state index in [0.29, 0.717) is 0 Å². The average Bonchev–Trinajstić information content (AvgIpc) is 2.37. The summed E-state index contributed by atoms with van der Waals surface area (Å²) in [4.78, 5) is 43.5. The lowest BCUT2D eigenvalue weighted by molar-refractivity contribution is -0.152. The summed E-state index contributed by atoms with van der Waals surface area (Å²) in [5.74, 6) is -2.75. The molecule has 0 saturated carbocycles. The summed E-state index contributed by atoms with van der Waals surface area (Å²) in [6, 6.07) is 0. The van der Waals surface area contributed by atoms with E-state index < -0.39 is 23.5 Å². The Morgan fingerprint density at radius 1 is 0.950 bits per heavy atom. The molecule has 0 unspecified atom stereocenters. The minimum atomic E-state index is -0.810. The van der Waals surface area contributed by atoms with E-state index in [9.17, 15) is 19.2 Å². The first-order chi connectivity index (χ1) is 9.26. The van der Waals surface area contributed by atoms with Gasteiger partial charge in [0.05, 0.1) is 13.2 Å². The van der Waals surface area contributed by atoms with Crippen molar-refractivity contribution in [2.75, 3.05) is 27.3 Å². The Morgan fingerprint density at radius 2 is 1.40 bits per heavy atom. The minimum Gasteiger partial charge on any atom is -0.460 e. The highest BCUT2D eigenvalue weighted by Crippen LogP contribution is 1.85. The summed E-state index contributed by atoms with van der Waals surface area (Å²) in [5.41, 5.74) is 0. The number of ether oxygens (including phenoxy) is 2. The van der Waals surface area contributed by atoms with Crippen LogP contribution in [0, 0.1) is 0 Å². The van der Waals surface area contributed by atoms with Crippen molar-refractivity contribution in [1.29, 1.82) is 0 Å². The van der Waals surface area contributed by atoms with Crippen LogP contribution in [-0.2, 0) is 28.7 Å². The van der Waals surface area contributed by atoms with E-state index in [1.165, 1.54) is 19.2 Å². The fourth-order valence-corrected chi connectivity index (χ4v) is 0.720. The monoisotopic (exact) mass is 287 g/mol. The maximum atomic E-state index is 10.8. The summed E-state index contributed by atoms with van der Waals surface area (Å²) in [5, 5.41) is 0. The number of carbonyl (C=O) groups excluding carboxylic acids is 4. The van der Waals surface area contributed by atoms with Crippen LogP contribution in [0.5, 0.6) is 0 Å². The summed E-state index contributed by atoms with van der Waals surface area (Å²) >= 11 is 0. The van der Waals surface area contributed by atoms with Crippen LogP contribution in [0.2, 0.25) is 0 Å².